The molecule has 0 saturated heterocycles. The van der Waals surface area contributed by atoms with Crippen molar-refractivity contribution in [2.45, 2.75) is 44.6 Å². The second-order valence-electron chi connectivity index (χ2n) is 8.47. The number of rotatable bonds is 12. The standard InChI is InChI=1S/C27H26F7NO3/c1-2-18-6-3-9-21(14-18)37-22-10-5-8-20(16-22)35(17-24(36)26(30,31)32)13-12-19-7-4-11-23(15-19)38-27(33,34)25(28)29/h3-11,14-16,24-25,36H,2,12-13,17H2,1H3. The number of aryl methyl sites for hydroxylation is 1. The first-order valence-corrected chi connectivity index (χ1v) is 11.7. The number of hydrogen-bond acceptors (Lipinski definition) is 4. The van der Waals surface area contributed by atoms with Gasteiger partial charge in [-0.05, 0) is 60.4 Å². The summed E-state index contributed by atoms with van der Waals surface area (Å²) in [7, 11) is 0. The van der Waals surface area contributed by atoms with Crippen molar-refractivity contribution >= 4 is 5.69 Å². The number of nitrogens with zero attached hydrogens (tertiary/aromatic N) is 1. The number of aliphatic hydroxyl groups is 1. The van der Waals surface area contributed by atoms with Crippen LogP contribution in [0.4, 0.5) is 36.4 Å². The molecule has 0 radical (unpaired) electrons. The maximum Gasteiger partial charge on any atom is 0.461 e. The maximum absolute atomic E-state index is 13.3. The smallest absolute Gasteiger partial charge is 0.457 e. The lowest BCUT2D eigenvalue weighted by Crippen LogP contribution is -2.42. The number of hydrogen-bond donors (Lipinski definition) is 1. The molecule has 3 aromatic rings. The first kappa shape index (κ1) is 29.1. The summed E-state index contributed by atoms with van der Waals surface area (Å²) < 4.78 is 101. The van der Waals surface area contributed by atoms with E-state index in [9.17, 15) is 35.8 Å². The highest BCUT2D eigenvalue weighted by atomic mass is 19.4. The molecule has 0 heterocycles. The van der Waals surface area contributed by atoms with Crippen molar-refractivity contribution in [3.05, 3.63) is 83.9 Å². The third-order valence-corrected chi connectivity index (χ3v) is 5.57. The molecule has 0 amide bonds. The highest BCUT2D eigenvalue weighted by molar-refractivity contribution is 5.52. The van der Waals surface area contributed by atoms with Crippen molar-refractivity contribution in [2.24, 2.45) is 0 Å². The zero-order chi connectivity index (χ0) is 27.9. The van der Waals surface area contributed by atoms with Crippen molar-refractivity contribution in [2.75, 3.05) is 18.0 Å². The van der Waals surface area contributed by atoms with Gasteiger partial charge in [-0.2, -0.15) is 30.7 Å². The van der Waals surface area contributed by atoms with Crippen LogP contribution >= 0.6 is 0 Å². The zero-order valence-electron chi connectivity index (χ0n) is 20.3. The van der Waals surface area contributed by atoms with Gasteiger partial charge in [0.25, 0.3) is 0 Å². The van der Waals surface area contributed by atoms with Crippen molar-refractivity contribution in [1.82, 2.24) is 0 Å². The Balaban J connectivity index is 1.80. The second-order valence-corrected chi connectivity index (χ2v) is 8.47. The molecule has 4 nitrogen and oxygen atoms in total. The molecule has 1 atom stereocenters. The van der Waals surface area contributed by atoms with E-state index < -0.39 is 37.1 Å². The average molecular weight is 545 g/mol. The molecular formula is C27H26F7NO3. The Bertz CT molecular complexity index is 1190. The summed E-state index contributed by atoms with van der Waals surface area (Å²) in [5.74, 6) is 0.382. The average Bonchev–Trinajstić information content (AvgIpc) is 2.86. The van der Waals surface area contributed by atoms with Crippen LogP contribution < -0.4 is 14.4 Å². The molecule has 1 unspecified atom stereocenters. The van der Waals surface area contributed by atoms with Gasteiger partial charge in [0, 0.05) is 18.3 Å². The number of halogens is 7. The number of aliphatic hydroxyl groups excluding tert-OH is 1. The number of ether oxygens (including phenoxy) is 2. The molecule has 0 bridgehead atoms. The predicted molar refractivity (Wildman–Crippen MR) is 128 cm³/mol. The van der Waals surface area contributed by atoms with Gasteiger partial charge < -0.3 is 19.5 Å². The van der Waals surface area contributed by atoms with E-state index in [0.717, 1.165) is 24.1 Å². The van der Waals surface area contributed by atoms with Crippen LogP contribution in [0.1, 0.15) is 18.1 Å². The molecule has 1 N–H and O–H groups in total. The van der Waals surface area contributed by atoms with Crippen molar-refractivity contribution < 1.29 is 45.3 Å². The van der Waals surface area contributed by atoms with Crippen LogP contribution in [0.3, 0.4) is 0 Å². The summed E-state index contributed by atoms with van der Waals surface area (Å²) in [4.78, 5) is 1.27. The van der Waals surface area contributed by atoms with E-state index in [1.54, 1.807) is 24.3 Å². The van der Waals surface area contributed by atoms with Crippen LogP contribution in [0, 0.1) is 0 Å². The number of alkyl halides is 7. The minimum Gasteiger partial charge on any atom is -0.457 e. The highest BCUT2D eigenvalue weighted by Crippen LogP contribution is 2.30. The van der Waals surface area contributed by atoms with Gasteiger partial charge in [-0.1, -0.05) is 37.3 Å². The van der Waals surface area contributed by atoms with Crippen LogP contribution in [0.25, 0.3) is 0 Å². The van der Waals surface area contributed by atoms with Crippen molar-refractivity contribution in [1.29, 1.82) is 0 Å². The molecule has 11 heteroatoms. The first-order valence-electron chi connectivity index (χ1n) is 11.7. The number of anilines is 1. The molecular weight excluding hydrogens is 519 g/mol. The third-order valence-electron chi connectivity index (χ3n) is 5.57. The molecule has 0 aliphatic rings. The van der Waals surface area contributed by atoms with Crippen LogP contribution in [-0.4, -0.2) is 43.0 Å². The molecule has 206 valence electrons. The van der Waals surface area contributed by atoms with Gasteiger partial charge >= 0.3 is 18.7 Å². The molecule has 0 aliphatic carbocycles. The van der Waals surface area contributed by atoms with Gasteiger partial charge in [-0.3, -0.25) is 0 Å². The molecule has 3 rings (SSSR count). The summed E-state index contributed by atoms with van der Waals surface area (Å²) in [5.41, 5.74) is 1.70. The fourth-order valence-electron chi connectivity index (χ4n) is 3.58. The van der Waals surface area contributed by atoms with E-state index in [1.165, 1.54) is 23.1 Å². The molecule has 0 aliphatic heterocycles. The molecule has 0 saturated carbocycles. The summed E-state index contributed by atoms with van der Waals surface area (Å²) in [6, 6.07) is 18.6. The van der Waals surface area contributed by atoms with Gasteiger partial charge in [0.15, 0.2) is 6.10 Å². The van der Waals surface area contributed by atoms with Crippen LogP contribution in [0.15, 0.2) is 72.8 Å². The number of benzene rings is 3. The van der Waals surface area contributed by atoms with E-state index >= 15 is 0 Å². The highest BCUT2D eigenvalue weighted by Gasteiger charge is 2.44. The van der Waals surface area contributed by atoms with E-state index in [2.05, 4.69) is 4.74 Å². The summed E-state index contributed by atoms with van der Waals surface area (Å²) in [5, 5.41) is 9.73. The quantitative estimate of drug-likeness (QED) is 0.244. The Morgan fingerprint density at radius 3 is 2.03 bits per heavy atom. The Kier molecular flexibility index (Phi) is 9.48. The van der Waals surface area contributed by atoms with Crippen LogP contribution in [0.2, 0.25) is 0 Å². The predicted octanol–water partition coefficient (Wildman–Crippen LogP) is 7.25. The Labute approximate surface area is 215 Å². The molecule has 38 heavy (non-hydrogen) atoms. The SMILES string of the molecule is CCc1cccc(Oc2cccc(N(CCc3cccc(OC(F)(F)C(F)F)c3)CC(O)C(F)(F)F)c2)c1. The third kappa shape index (κ3) is 8.27. The summed E-state index contributed by atoms with van der Waals surface area (Å²) >= 11 is 0. The maximum atomic E-state index is 13.3. The van der Waals surface area contributed by atoms with Gasteiger partial charge in [0.2, 0.25) is 0 Å². The Morgan fingerprint density at radius 1 is 0.816 bits per heavy atom. The van der Waals surface area contributed by atoms with E-state index in [1.807, 2.05) is 25.1 Å². The minimum absolute atomic E-state index is 0.0334. The van der Waals surface area contributed by atoms with Gasteiger partial charge in [0.05, 0.1) is 6.54 Å². The second kappa shape index (κ2) is 12.4. The van der Waals surface area contributed by atoms with Crippen molar-refractivity contribution in [3.63, 3.8) is 0 Å². The van der Waals surface area contributed by atoms with E-state index in [4.69, 9.17) is 4.74 Å². The Hall–Kier alpha value is -3.47. The van der Waals surface area contributed by atoms with Crippen LogP contribution in [0.5, 0.6) is 17.2 Å². The molecule has 0 aromatic heterocycles. The summed E-state index contributed by atoms with van der Waals surface area (Å²) in [6.45, 7) is 1.10. The lowest BCUT2D eigenvalue weighted by Gasteiger charge is -2.28. The first-order chi connectivity index (χ1) is 17.9. The van der Waals surface area contributed by atoms with Crippen LogP contribution in [-0.2, 0) is 12.8 Å². The van der Waals surface area contributed by atoms with Gasteiger partial charge in [-0.15, -0.1) is 0 Å². The Morgan fingerprint density at radius 2 is 1.39 bits per heavy atom. The lowest BCUT2D eigenvalue weighted by atomic mass is 10.1. The van der Waals surface area contributed by atoms with Gasteiger partial charge in [0.1, 0.15) is 17.2 Å². The normalized spacial score (nSPS) is 12.9. The fraction of sp³-hybridized carbons (Fsp3) is 0.333. The minimum atomic E-state index is -4.87. The largest absolute Gasteiger partial charge is 0.461 e. The monoisotopic (exact) mass is 545 g/mol. The fourth-order valence-corrected chi connectivity index (χ4v) is 3.58. The lowest BCUT2D eigenvalue weighted by molar-refractivity contribution is -0.253. The zero-order valence-corrected chi connectivity index (χ0v) is 20.3. The topological polar surface area (TPSA) is 41.9 Å². The van der Waals surface area contributed by atoms with Crippen molar-refractivity contribution in [3.8, 4) is 17.2 Å². The summed E-state index contributed by atoms with van der Waals surface area (Å²) in [6.07, 6.45) is -15.4. The molecule has 0 fully saturated rings. The molecule has 3 aromatic carbocycles. The van der Waals surface area contributed by atoms with E-state index in [-0.39, 0.29) is 13.0 Å². The van der Waals surface area contributed by atoms with E-state index in [0.29, 0.717) is 22.7 Å². The molecule has 0 spiro atoms. The van der Waals surface area contributed by atoms with Gasteiger partial charge in [-0.25, -0.2) is 0 Å².